The van der Waals surface area contributed by atoms with Crippen molar-refractivity contribution in [1.82, 2.24) is 0 Å². The van der Waals surface area contributed by atoms with Crippen LogP contribution in [0.4, 0.5) is 0 Å². The van der Waals surface area contributed by atoms with E-state index in [1.165, 1.54) is 0 Å². The Hall–Kier alpha value is -0.200. The Bertz CT molecular complexity index is 411. The maximum atomic E-state index is 11.2. The van der Waals surface area contributed by atoms with Crippen molar-refractivity contribution >= 4 is 0 Å². The predicted octanol–water partition coefficient (Wildman–Crippen LogP) is 2.33. The van der Waals surface area contributed by atoms with Gasteiger partial charge in [-0.05, 0) is 43.4 Å². The smallest absolute Gasteiger partial charge is 0.117 e. The second kappa shape index (κ2) is 9.83. The molecule has 1 fully saturated rings. The third-order valence-electron chi connectivity index (χ3n) is 5.98. The summed E-state index contributed by atoms with van der Waals surface area (Å²) >= 11 is 0. The molecular formula is C21H42O5. The highest BCUT2D eigenvalue weighted by atomic mass is 16.4. The quantitative estimate of drug-likeness (QED) is 0.426. The minimum absolute atomic E-state index is 0.203. The Kier molecular flexibility index (Phi) is 9.01. The van der Waals surface area contributed by atoms with Crippen LogP contribution in [0.2, 0.25) is 0 Å². The minimum Gasteiger partial charge on any atom is -0.393 e. The van der Waals surface area contributed by atoms with Crippen molar-refractivity contribution < 1.29 is 25.5 Å². The first-order valence-corrected chi connectivity index (χ1v) is 10.4. The van der Waals surface area contributed by atoms with E-state index < -0.39 is 41.9 Å². The lowest BCUT2D eigenvalue weighted by molar-refractivity contribution is -0.256. The summed E-state index contributed by atoms with van der Waals surface area (Å²) in [7, 11) is 0. The van der Waals surface area contributed by atoms with Gasteiger partial charge in [-0.1, -0.05) is 48.0 Å². The summed E-state index contributed by atoms with van der Waals surface area (Å²) in [6.45, 7) is 12.2. The molecule has 5 N–H and O–H groups in total. The van der Waals surface area contributed by atoms with Crippen molar-refractivity contribution in [1.29, 1.82) is 0 Å². The fourth-order valence-electron chi connectivity index (χ4n) is 4.29. The maximum Gasteiger partial charge on any atom is 0.117 e. The van der Waals surface area contributed by atoms with Crippen LogP contribution in [-0.4, -0.2) is 55.5 Å². The molecule has 7 atom stereocenters. The van der Waals surface area contributed by atoms with E-state index >= 15 is 0 Å². The Labute approximate surface area is 159 Å². The predicted molar refractivity (Wildman–Crippen MR) is 104 cm³/mol. The van der Waals surface area contributed by atoms with Crippen LogP contribution in [0.5, 0.6) is 0 Å². The van der Waals surface area contributed by atoms with Gasteiger partial charge in [0.05, 0.1) is 24.4 Å². The molecule has 26 heavy (non-hydrogen) atoms. The molecule has 1 rings (SSSR count). The summed E-state index contributed by atoms with van der Waals surface area (Å²) in [5, 5.41) is 54.6. The van der Waals surface area contributed by atoms with Gasteiger partial charge in [-0.2, -0.15) is 0 Å². The fraction of sp³-hybridized carbons (Fsp3) is 1.00. The van der Waals surface area contributed by atoms with Gasteiger partial charge < -0.3 is 25.5 Å². The van der Waals surface area contributed by atoms with Crippen LogP contribution >= 0.6 is 0 Å². The highest BCUT2D eigenvalue weighted by Gasteiger charge is 2.58. The molecule has 0 heterocycles. The zero-order valence-corrected chi connectivity index (χ0v) is 17.5. The van der Waals surface area contributed by atoms with Gasteiger partial charge in [0, 0.05) is 11.8 Å². The van der Waals surface area contributed by atoms with E-state index in [0.717, 1.165) is 6.42 Å². The van der Waals surface area contributed by atoms with E-state index in [9.17, 15) is 25.5 Å². The number of hydrogen-bond acceptors (Lipinski definition) is 5. The molecule has 0 aromatic rings. The molecule has 1 aliphatic carbocycles. The number of hydrogen-bond donors (Lipinski definition) is 5. The third-order valence-corrected chi connectivity index (χ3v) is 5.98. The Balaban J connectivity index is 3.15. The monoisotopic (exact) mass is 374 g/mol. The molecule has 5 heteroatoms. The average molecular weight is 375 g/mol. The Morgan fingerprint density at radius 2 is 1.35 bits per heavy atom. The average Bonchev–Trinajstić information content (AvgIpc) is 2.50. The van der Waals surface area contributed by atoms with Crippen molar-refractivity contribution in [3.05, 3.63) is 0 Å². The highest BCUT2D eigenvalue weighted by Crippen LogP contribution is 2.44. The van der Waals surface area contributed by atoms with E-state index in [0.29, 0.717) is 31.1 Å². The van der Waals surface area contributed by atoms with Gasteiger partial charge in [0.1, 0.15) is 5.60 Å². The largest absolute Gasteiger partial charge is 0.393 e. The molecule has 156 valence electrons. The lowest BCUT2D eigenvalue weighted by Gasteiger charge is -2.53. The van der Waals surface area contributed by atoms with Gasteiger partial charge in [0.25, 0.3) is 0 Å². The molecular weight excluding hydrogens is 332 g/mol. The van der Waals surface area contributed by atoms with Gasteiger partial charge in [-0.15, -0.1) is 0 Å². The van der Waals surface area contributed by atoms with Crippen LogP contribution in [0.15, 0.2) is 0 Å². The molecule has 1 saturated carbocycles. The zero-order chi connectivity index (χ0) is 20.2. The summed E-state index contributed by atoms with van der Waals surface area (Å²) in [6, 6.07) is 0. The first-order chi connectivity index (χ1) is 11.9. The van der Waals surface area contributed by atoms with E-state index in [2.05, 4.69) is 13.8 Å². The van der Waals surface area contributed by atoms with Crippen LogP contribution in [0, 0.1) is 29.6 Å². The van der Waals surface area contributed by atoms with Gasteiger partial charge in [-0.3, -0.25) is 0 Å². The molecule has 0 aliphatic heterocycles. The number of rotatable bonds is 9. The highest BCUT2D eigenvalue weighted by molar-refractivity contribution is 5.08. The van der Waals surface area contributed by atoms with E-state index in [-0.39, 0.29) is 12.3 Å². The second-order valence-electron chi connectivity index (χ2n) is 9.71. The Morgan fingerprint density at radius 1 is 0.808 bits per heavy atom. The van der Waals surface area contributed by atoms with Gasteiger partial charge in [0.2, 0.25) is 0 Å². The SMILES string of the molecule is CC(C)CCC1C(O)C(C(O)CC(C)C)C(O)C(O)(CCC(C)C)C1O. The molecule has 0 saturated heterocycles. The van der Waals surface area contributed by atoms with E-state index in [1.54, 1.807) is 0 Å². The summed E-state index contributed by atoms with van der Waals surface area (Å²) in [6.07, 6.45) is -1.79. The van der Waals surface area contributed by atoms with Crippen molar-refractivity contribution in [3.63, 3.8) is 0 Å². The topological polar surface area (TPSA) is 101 Å². The van der Waals surface area contributed by atoms with E-state index in [4.69, 9.17) is 0 Å². The molecule has 0 spiro atoms. The first-order valence-electron chi connectivity index (χ1n) is 10.4. The molecule has 0 aromatic heterocycles. The standard InChI is InChI=1S/C21H42O5/c1-12(2)7-8-15-18(23)17(16(22)11-14(5)6)20(25)21(26,19(15)24)10-9-13(3)4/h12-20,22-26H,7-11H2,1-6H3. The van der Waals surface area contributed by atoms with Crippen LogP contribution < -0.4 is 0 Å². The minimum atomic E-state index is -1.70. The van der Waals surface area contributed by atoms with Crippen molar-refractivity contribution in [3.8, 4) is 0 Å². The van der Waals surface area contributed by atoms with Crippen molar-refractivity contribution in [2.75, 3.05) is 0 Å². The lowest BCUT2D eigenvalue weighted by Crippen LogP contribution is -2.68. The van der Waals surface area contributed by atoms with Crippen LogP contribution in [0.3, 0.4) is 0 Å². The summed E-state index contributed by atoms with van der Waals surface area (Å²) < 4.78 is 0. The zero-order valence-electron chi connectivity index (χ0n) is 17.5. The summed E-state index contributed by atoms with van der Waals surface area (Å²) in [5.74, 6) is -0.475. The second-order valence-corrected chi connectivity index (χ2v) is 9.71. The number of aliphatic hydroxyl groups excluding tert-OH is 4. The summed E-state index contributed by atoms with van der Waals surface area (Å²) in [5.41, 5.74) is -1.70. The molecule has 0 bridgehead atoms. The normalized spacial score (nSPS) is 36.9. The molecule has 0 aromatic carbocycles. The number of aliphatic hydroxyl groups is 5. The molecule has 0 radical (unpaired) electrons. The third kappa shape index (κ3) is 5.65. The van der Waals surface area contributed by atoms with Crippen LogP contribution in [0.25, 0.3) is 0 Å². The van der Waals surface area contributed by atoms with Gasteiger partial charge in [0.15, 0.2) is 0 Å². The molecule has 0 amide bonds. The van der Waals surface area contributed by atoms with Crippen molar-refractivity contribution in [2.24, 2.45) is 29.6 Å². The molecule has 5 nitrogen and oxygen atoms in total. The molecule has 1 aliphatic rings. The fourth-order valence-corrected chi connectivity index (χ4v) is 4.29. The van der Waals surface area contributed by atoms with Gasteiger partial charge >= 0.3 is 0 Å². The van der Waals surface area contributed by atoms with Crippen LogP contribution in [-0.2, 0) is 0 Å². The van der Waals surface area contributed by atoms with Crippen molar-refractivity contribution in [2.45, 2.75) is 104 Å². The van der Waals surface area contributed by atoms with Gasteiger partial charge in [-0.25, -0.2) is 0 Å². The maximum absolute atomic E-state index is 11.2. The van der Waals surface area contributed by atoms with Crippen LogP contribution in [0.1, 0.15) is 73.6 Å². The first kappa shape index (κ1) is 23.8. The summed E-state index contributed by atoms with van der Waals surface area (Å²) in [4.78, 5) is 0. The van der Waals surface area contributed by atoms with E-state index in [1.807, 2.05) is 27.7 Å². The lowest BCUT2D eigenvalue weighted by atomic mass is 9.61. The molecule has 7 unspecified atom stereocenters. The Morgan fingerprint density at radius 3 is 1.81 bits per heavy atom.